The number of anilines is 1. The number of nitrogens with one attached hydrogen (secondary N) is 2. The van der Waals surface area contributed by atoms with E-state index in [2.05, 4.69) is 39.8 Å². The van der Waals surface area contributed by atoms with Crippen molar-refractivity contribution in [2.45, 2.75) is 31.2 Å². The molecule has 2 saturated carbocycles. The molecular formula is C22H22N4O. The summed E-state index contributed by atoms with van der Waals surface area (Å²) >= 11 is 0. The fourth-order valence-corrected chi connectivity index (χ4v) is 6.19. The number of aromatic amines is 1. The Morgan fingerprint density at radius 2 is 1.89 bits per heavy atom. The van der Waals surface area contributed by atoms with Crippen LogP contribution in [-0.4, -0.2) is 16.1 Å². The maximum atomic E-state index is 11.4. The SMILES string of the molecule is NC(=O)c1ccc([C@@H]2Nc3ccc4[nH]ncc4c3[C@H]3C4CC[C@@H](C4)[C@@H]23)cc1. The predicted octanol–water partition coefficient (Wildman–Crippen LogP) is 3.96. The highest BCUT2D eigenvalue weighted by Crippen LogP contribution is 2.64. The first kappa shape index (κ1) is 15.3. The van der Waals surface area contributed by atoms with Gasteiger partial charge in [0.25, 0.3) is 0 Å². The monoisotopic (exact) mass is 358 g/mol. The first-order valence-electron chi connectivity index (χ1n) is 9.83. The Morgan fingerprint density at radius 3 is 2.70 bits per heavy atom. The highest BCUT2D eigenvalue weighted by atomic mass is 16.1. The van der Waals surface area contributed by atoms with Crippen LogP contribution >= 0.6 is 0 Å². The summed E-state index contributed by atoms with van der Waals surface area (Å²) in [6, 6.07) is 12.5. The zero-order valence-corrected chi connectivity index (χ0v) is 15.0. The molecule has 5 heteroatoms. The van der Waals surface area contributed by atoms with E-state index in [1.165, 1.54) is 41.5 Å². The largest absolute Gasteiger partial charge is 0.378 e. The fraction of sp³-hybridized carbons (Fsp3) is 0.364. The number of nitrogens with zero attached hydrogens (tertiary/aromatic N) is 1. The fourth-order valence-electron chi connectivity index (χ4n) is 6.19. The van der Waals surface area contributed by atoms with Crippen LogP contribution < -0.4 is 11.1 Å². The standard InChI is InChI=1S/C22H22N4O/c23-22(27)12-3-1-11(2-4-12)21-19-14-6-5-13(9-14)18(19)20-15-10-24-26-16(15)7-8-17(20)25-21/h1-4,7-8,10,13-14,18-19,21,25H,5-6,9H2,(H2,23,27)(H,24,26)/t13?,14-,18-,19+,21-/m0/s1. The quantitative estimate of drug-likeness (QED) is 0.648. The van der Waals surface area contributed by atoms with E-state index < -0.39 is 0 Å². The van der Waals surface area contributed by atoms with E-state index in [0.717, 1.165) is 17.4 Å². The van der Waals surface area contributed by atoms with E-state index in [1.54, 1.807) is 0 Å². The van der Waals surface area contributed by atoms with Crippen molar-refractivity contribution < 1.29 is 4.79 Å². The summed E-state index contributed by atoms with van der Waals surface area (Å²) in [4.78, 5) is 11.4. The number of H-pyrrole nitrogens is 1. The molecule has 136 valence electrons. The maximum Gasteiger partial charge on any atom is 0.248 e. The molecule has 2 aliphatic carbocycles. The number of carbonyl (C=O) groups is 1. The third-order valence-electron chi connectivity index (χ3n) is 7.23. The molecule has 2 fully saturated rings. The molecule has 1 amide bonds. The first-order chi connectivity index (χ1) is 13.2. The number of benzene rings is 2. The highest BCUT2D eigenvalue weighted by molar-refractivity contribution is 5.93. The zero-order valence-electron chi connectivity index (χ0n) is 15.0. The Labute approximate surface area is 157 Å². The van der Waals surface area contributed by atoms with Crippen molar-refractivity contribution in [3.05, 3.63) is 59.3 Å². The van der Waals surface area contributed by atoms with Crippen LogP contribution in [0.3, 0.4) is 0 Å². The van der Waals surface area contributed by atoms with E-state index in [9.17, 15) is 4.79 Å². The summed E-state index contributed by atoms with van der Waals surface area (Å²) in [5, 5.41) is 12.5. The minimum absolute atomic E-state index is 0.282. The number of rotatable bonds is 2. The Hall–Kier alpha value is -2.82. The van der Waals surface area contributed by atoms with Crippen molar-refractivity contribution in [1.82, 2.24) is 10.2 Å². The third kappa shape index (κ3) is 2.05. The molecule has 1 aromatic heterocycles. The summed E-state index contributed by atoms with van der Waals surface area (Å²) in [6.45, 7) is 0. The minimum Gasteiger partial charge on any atom is -0.378 e. The van der Waals surface area contributed by atoms with Crippen molar-refractivity contribution in [2.24, 2.45) is 23.5 Å². The average Bonchev–Trinajstić information content (AvgIpc) is 3.43. The molecule has 4 N–H and O–H groups in total. The molecular weight excluding hydrogens is 336 g/mol. The van der Waals surface area contributed by atoms with Crippen molar-refractivity contribution in [1.29, 1.82) is 0 Å². The number of hydrogen-bond acceptors (Lipinski definition) is 3. The lowest BCUT2D eigenvalue weighted by atomic mass is 9.67. The summed E-state index contributed by atoms with van der Waals surface area (Å²) in [6.07, 6.45) is 5.99. The molecule has 0 spiro atoms. The lowest BCUT2D eigenvalue weighted by Gasteiger charge is -2.43. The summed E-state index contributed by atoms with van der Waals surface area (Å²) in [7, 11) is 0. The Morgan fingerprint density at radius 1 is 1.07 bits per heavy atom. The molecule has 1 unspecified atom stereocenters. The number of amides is 1. The van der Waals surface area contributed by atoms with Crippen LogP contribution in [0, 0.1) is 17.8 Å². The summed E-state index contributed by atoms with van der Waals surface area (Å²) in [5.41, 5.74) is 11.1. The topological polar surface area (TPSA) is 83.8 Å². The van der Waals surface area contributed by atoms with Gasteiger partial charge in [-0.3, -0.25) is 9.89 Å². The van der Waals surface area contributed by atoms with Crippen LogP contribution in [0.1, 0.15) is 52.7 Å². The van der Waals surface area contributed by atoms with Gasteiger partial charge in [0.2, 0.25) is 5.91 Å². The molecule has 6 rings (SSSR count). The van der Waals surface area contributed by atoms with Gasteiger partial charge in [-0.25, -0.2) is 0 Å². The van der Waals surface area contributed by atoms with Gasteiger partial charge in [-0.05, 0) is 78.3 Å². The van der Waals surface area contributed by atoms with Crippen molar-refractivity contribution in [2.75, 3.05) is 5.32 Å². The molecule has 0 saturated heterocycles. The van der Waals surface area contributed by atoms with Gasteiger partial charge in [-0.2, -0.15) is 5.10 Å². The second-order valence-corrected chi connectivity index (χ2v) is 8.40. The smallest absolute Gasteiger partial charge is 0.248 e. The number of hydrogen-bond donors (Lipinski definition) is 3. The van der Waals surface area contributed by atoms with Gasteiger partial charge in [0, 0.05) is 16.6 Å². The molecule has 3 aliphatic rings. The highest BCUT2D eigenvalue weighted by Gasteiger charge is 2.54. The van der Waals surface area contributed by atoms with Crippen LogP contribution in [0.25, 0.3) is 10.9 Å². The number of fused-ring (bicyclic) bond motifs is 9. The van der Waals surface area contributed by atoms with Crippen LogP contribution in [0.2, 0.25) is 0 Å². The van der Waals surface area contributed by atoms with Crippen LogP contribution in [0.15, 0.2) is 42.6 Å². The predicted molar refractivity (Wildman–Crippen MR) is 104 cm³/mol. The molecule has 3 aromatic rings. The molecule has 1 aliphatic heterocycles. The molecule has 5 nitrogen and oxygen atoms in total. The maximum absolute atomic E-state index is 11.4. The molecule has 2 heterocycles. The van der Waals surface area contributed by atoms with Gasteiger partial charge in [0.1, 0.15) is 0 Å². The number of carbonyl (C=O) groups excluding carboxylic acids is 1. The molecule has 2 bridgehead atoms. The lowest BCUT2D eigenvalue weighted by molar-refractivity contribution is 0.100. The van der Waals surface area contributed by atoms with E-state index in [1.807, 2.05) is 18.3 Å². The Kier molecular flexibility index (Phi) is 3.02. The molecule has 5 atom stereocenters. The van der Waals surface area contributed by atoms with Crippen LogP contribution in [0.5, 0.6) is 0 Å². The van der Waals surface area contributed by atoms with Crippen molar-refractivity contribution in [3.8, 4) is 0 Å². The molecule has 27 heavy (non-hydrogen) atoms. The average molecular weight is 358 g/mol. The van der Waals surface area contributed by atoms with Gasteiger partial charge in [-0.15, -0.1) is 0 Å². The summed E-state index contributed by atoms with van der Waals surface area (Å²) in [5.74, 6) is 2.35. The van der Waals surface area contributed by atoms with E-state index in [-0.39, 0.29) is 11.9 Å². The molecule has 0 radical (unpaired) electrons. The third-order valence-corrected chi connectivity index (χ3v) is 7.23. The second-order valence-electron chi connectivity index (χ2n) is 8.40. The van der Waals surface area contributed by atoms with Gasteiger partial charge < -0.3 is 11.1 Å². The van der Waals surface area contributed by atoms with Crippen molar-refractivity contribution >= 4 is 22.5 Å². The lowest BCUT2D eigenvalue weighted by Crippen LogP contribution is -2.35. The van der Waals surface area contributed by atoms with E-state index in [0.29, 0.717) is 17.4 Å². The van der Waals surface area contributed by atoms with Crippen LogP contribution in [0.4, 0.5) is 5.69 Å². The minimum atomic E-state index is -0.372. The summed E-state index contributed by atoms with van der Waals surface area (Å²) < 4.78 is 0. The van der Waals surface area contributed by atoms with Gasteiger partial charge in [0.15, 0.2) is 0 Å². The first-order valence-corrected chi connectivity index (χ1v) is 9.83. The van der Waals surface area contributed by atoms with Crippen LogP contribution in [-0.2, 0) is 0 Å². The molecule has 2 aromatic carbocycles. The van der Waals surface area contributed by atoms with Gasteiger partial charge in [0.05, 0.1) is 17.8 Å². The van der Waals surface area contributed by atoms with Gasteiger partial charge in [-0.1, -0.05) is 12.1 Å². The van der Waals surface area contributed by atoms with Crippen molar-refractivity contribution in [3.63, 3.8) is 0 Å². The zero-order chi connectivity index (χ0) is 18.1. The Bertz CT molecular complexity index is 1050. The van der Waals surface area contributed by atoms with E-state index in [4.69, 9.17) is 5.73 Å². The number of aromatic nitrogens is 2. The van der Waals surface area contributed by atoms with Gasteiger partial charge >= 0.3 is 0 Å². The Balaban J connectivity index is 1.50. The van der Waals surface area contributed by atoms with E-state index >= 15 is 0 Å². The number of primary amides is 1. The number of nitrogens with two attached hydrogens (primary N) is 1. The second kappa shape index (κ2) is 5.35. The normalized spacial score (nSPS) is 30.7.